The van der Waals surface area contributed by atoms with Crippen LogP contribution in [0.4, 0.5) is 4.39 Å². The molecule has 0 aliphatic carbocycles. The highest BCUT2D eigenvalue weighted by Gasteiger charge is 2.15. The molecule has 2 aromatic rings. The number of aromatic nitrogens is 1. The van der Waals surface area contributed by atoms with Crippen molar-refractivity contribution in [3.8, 4) is 11.5 Å². The van der Waals surface area contributed by atoms with E-state index in [0.717, 1.165) is 6.42 Å². The summed E-state index contributed by atoms with van der Waals surface area (Å²) in [4.78, 5) is 4.14. The number of hydrogen-bond acceptors (Lipinski definition) is 4. The van der Waals surface area contributed by atoms with Gasteiger partial charge in [0.25, 0.3) is 0 Å². The molecule has 1 aromatic heterocycles. The van der Waals surface area contributed by atoms with E-state index in [0.29, 0.717) is 23.6 Å². The molecule has 1 aromatic carbocycles. The van der Waals surface area contributed by atoms with Crippen molar-refractivity contribution in [2.75, 3.05) is 5.75 Å². The summed E-state index contributed by atoms with van der Waals surface area (Å²) in [6.07, 6.45) is 2.81. The number of benzene rings is 1. The summed E-state index contributed by atoms with van der Waals surface area (Å²) in [5, 5.41) is 0. The largest absolute Gasteiger partial charge is 0.444 e. The van der Waals surface area contributed by atoms with E-state index in [4.69, 9.17) is 4.42 Å². The number of rotatable bonds is 6. The Hall–Kier alpha value is -1.69. The van der Waals surface area contributed by atoms with Crippen LogP contribution in [0.25, 0.3) is 11.5 Å². The lowest BCUT2D eigenvalue weighted by molar-refractivity contribution is 0.571. The fraction of sp³-hybridized carbons (Fsp3) is 0.357. The molecule has 0 bridgehead atoms. The van der Waals surface area contributed by atoms with Gasteiger partial charge in [0.2, 0.25) is 5.89 Å². The molecule has 0 fully saturated rings. The van der Waals surface area contributed by atoms with E-state index in [1.165, 1.54) is 30.5 Å². The van der Waals surface area contributed by atoms with Crippen molar-refractivity contribution in [1.82, 2.24) is 4.98 Å². The Kier molecular flexibility index (Phi) is 4.54. The van der Waals surface area contributed by atoms with Crippen molar-refractivity contribution in [3.63, 3.8) is 0 Å². The van der Waals surface area contributed by atoms with Crippen molar-refractivity contribution >= 4 is 9.84 Å². The van der Waals surface area contributed by atoms with Gasteiger partial charge in [-0.3, -0.25) is 0 Å². The number of nitrogens with zero attached hydrogens (tertiary/aromatic N) is 1. The Balaban J connectivity index is 2.11. The first kappa shape index (κ1) is 14.7. The molecule has 0 aliphatic rings. The molecule has 20 heavy (non-hydrogen) atoms. The predicted octanol–water partition coefficient (Wildman–Crippen LogP) is 3.20. The molecule has 2 rings (SSSR count). The van der Waals surface area contributed by atoms with E-state index in [-0.39, 0.29) is 17.3 Å². The average molecular weight is 297 g/mol. The van der Waals surface area contributed by atoms with Gasteiger partial charge in [-0.2, -0.15) is 0 Å². The summed E-state index contributed by atoms with van der Waals surface area (Å²) in [7, 11) is -3.15. The average Bonchev–Trinajstić information content (AvgIpc) is 2.85. The minimum Gasteiger partial charge on any atom is -0.444 e. The zero-order valence-electron chi connectivity index (χ0n) is 11.2. The van der Waals surface area contributed by atoms with Gasteiger partial charge in [-0.15, -0.1) is 0 Å². The Morgan fingerprint density at radius 2 is 1.95 bits per heavy atom. The van der Waals surface area contributed by atoms with Gasteiger partial charge in [0.05, 0.1) is 17.2 Å². The second-order valence-electron chi connectivity index (χ2n) is 4.60. The van der Waals surface area contributed by atoms with Crippen LogP contribution in [0.15, 0.2) is 34.9 Å². The number of unbranched alkanes of at least 4 members (excludes halogenated alkanes) is 1. The van der Waals surface area contributed by atoms with E-state index in [2.05, 4.69) is 4.98 Å². The van der Waals surface area contributed by atoms with Crippen molar-refractivity contribution < 1.29 is 17.2 Å². The molecular weight excluding hydrogens is 281 g/mol. The monoisotopic (exact) mass is 297 g/mol. The second-order valence-corrected chi connectivity index (χ2v) is 6.78. The normalized spacial score (nSPS) is 11.7. The number of halogens is 1. The Morgan fingerprint density at radius 3 is 2.60 bits per heavy atom. The minimum absolute atomic E-state index is 0.127. The molecule has 108 valence electrons. The molecule has 0 unspecified atom stereocenters. The number of hydrogen-bond donors (Lipinski definition) is 0. The van der Waals surface area contributed by atoms with E-state index < -0.39 is 9.84 Å². The lowest BCUT2D eigenvalue weighted by Gasteiger charge is -1.99. The van der Waals surface area contributed by atoms with Gasteiger partial charge in [-0.25, -0.2) is 17.8 Å². The summed E-state index contributed by atoms with van der Waals surface area (Å²) in [6.45, 7) is 1.94. The molecule has 0 amide bonds. The standard InChI is InChI=1S/C14H16FNO3S/c1-2-3-8-20(17,18)10-13-9-19-14(16-13)11-4-6-12(15)7-5-11/h4-7,9H,2-3,8,10H2,1H3. The first-order chi connectivity index (χ1) is 9.50. The fourth-order valence-corrected chi connectivity index (χ4v) is 3.22. The van der Waals surface area contributed by atoms with Crippen LogP contribution < -0.4 is 0 Å². The lowest BCUT2D eigenvalue weighted by Crippen LogP contribution is -2.09. The van der Waals surface area contributed by atoms with Gasteiger partial charge in [0.1, 0.15) is 12.1 Å². The summed E-state index contributed by atoms with van der Waals surface area (Å²) in [5.41, 5.74) is 0.990. The van der Waals surface area contributed by atoms with Gasteiger partial charge >= 0.3 is 0 Å². The summed E-state index contributed by atoms with van der Waals surface area (Å²) in [6, 6.07) is 5.68. The molecule has 0 aliphatic heterocycles. The topological polar surface area (TPSA) is 60.2 Å². The van der Waals surface area contributed by atoms with Crippen LogP contribution in [0.5, 0.6) is 0 Å². The van der Waals surface area contributed by atoms with Gasteiger partial charge in [-0.05, 0) is 30.7 Å². The van der Waals surface area contributed by atoms with Crippen molar-refractivity contribution in [3.05, 3.63) is 42.0 Å². The molecule has 0 atom stereocenters. The lowest BCUT2D eigenvalue weighted by atomic mass is 10.2. The highest BCUT2D eigenvalue weighted by molar-refractivity contribution is 7.90. The molecule has 0 spiro atoms. The third-order valence-corrected chi connectivity index (χ3v) is 4.47. The maximum Gasteiger partial charge on any atom is 0.226 e. The summed E-state index contributed by atoms with van der Waals surface area (Å²) >= 11 is 0. The Labute approximate surface area is 117 Å². The van der Waals surface area contributed by atoms with Crippen LogP contribution in [0.1, 0.15) is 25.5 Å². The highest BCUT2D eigenvalue weighted by Crippen LogP contribution is 2.20. The summed E-state index contributed by atoms with van der Waals surface area (Å²) in [5.74, 6) is -0.0201. The summed E-state index contributed by atoms with van der Waals surface area (Å²) < 4.78 is 41.7. The number of oxazole rings is 1. The van der Waals surface area contributed by atoms with Crippen LogP contribution >= 0.6 is 0 Å². The van der Waals surface area contributed by atoms with Crippen LogP contribution in [0, 0.1) is 5.82 Å². The first-order valence-electron chi connectivity index (χ1n) is 6.41. The van der Waals surface area contributed by atoms with Crippen LogP contribution in [-0.4, -0.2) is 19.2 Å². The molecule has 6 heteroatoms. The zero-order valence-corrected chi connectivity index (χ0v) is 12.0. The predicted molar refractivity (Wildman–Crippen MR) is 74.3 cm³/mol. The fourth-order valence-electron chi connectivity index (χ4n) is 1.76. The molecule has 0 saturated carbocycles. The SMILES string of the molecule is CCCCS(=O)(=O)Cc1coc(-c2ccc(F)cc2)n1. The molecule has 1 heterocycles. The van der Waals surface area contributed by atoms with E-state index in [1.807, 2.05) is 6.92 Å². The van der Waals surface area contributed by atoms with Gasteiger partial charge in [0.15, 0.2) is 9.84 Å². The van der Waals surface area contributed by atoms with E-state index >= 15 is 0 Å². The quantitative estimate of drug-likeness (QED) is 0.821. The molecule has 4 nitrogen and oxygen atoms in total. The van der Waals surface area contributed by atoms with Gasteiger partial charge in [-0.1, -0.05) is 13.3 Å². The maximum atomic E-state index is 12.8. The minimum atomic E-state index is -3.15. The highest BCUT2D eigenvalue weighted by atomic mass is 32.2. The first-order valence-corrected chi connectivity index (χ1v) is 8.23. The van der Waals surface area contributed by atoms with Gasteiger partial charge in [0, 0.05) is 5.56 Å². The van der Waals surface area contributed by atoms with Crippen LogP contribution in [0.2, 0.25) is 0 Å². The van der Waals surface area contributed by atoms with E-state index in [9.17, 15) is 12.8 Å². The van der Waals surface area contributed by atoms with Crippen molar-refractivity contribution in [1.29, 1.82) is 0 Å². The molecule has 0 saturated heterocycles. The number of sulfone groups is 1. The van der Waals surface area contributed by atoms with Crippen LogP contribution in [0.3, 0.4) is 0 Å². The Bertz CT molecular complexity index is 662. The second kappa shape index (κ2) is 6.17. The van der Waals surface area contributed by atoms with Crippen LogP contribution in [-0.2, 0) is 15.6 Å². The smallest absolute Gasteiger partial charge is 0.226 e. The molecular formula is C14H16FNO3S. The maximum absolute atomic E-state index is 12.8. The zero-order chi connectivity index (χ0) is 14.6. The van der Waals surface area contributed by atoms with E-state index in [1.54, 1.807) is 0 Å². The van der Waals surface area contributed by atoms with Crippen molar-refractivity contribution in [2.24, 2.45) is 0 Å². The third-order valence-electron chi connectivity index (χ3n) is 2.82. The third kappa shape index (κ3) is 3.90. The Morgan fingerprint density at radius 1 is 1.25 bits per heavy atom. The molecule has 0 N–H and O–H groups in total. The van der Waals surface area contributed by atoms with Crippen molar-refractivity contribution in [2.45, 2.75) is 25.5 Å². The molecule has 0 radical (unpaired) electrons. The van der Waals surface area contributed by atoms with Gasteiger partial charge < -0.3 is 4.42 Å².